The van der Waals surface area contributed by atoms with E-state index in [4.69, 9.17) is 5.73 Å². The number of aromatic nitrogens is 4. The van der Waals surface area contributed by atoms with E-state index in [1.165, 1.54) is 22.9 Å². The van der Waals surface area contributed by atoms with E-state index >= 15 is 0 Å². The lowest BCUT2D eigenvalue weighted by Gasteiger charge is -2.26. The number of rotatable bonds is 5. The molecule has 2 N–H and O–H groups in total. The maximum absolute atomic E-state index is 12.3. The number of likely N-dealkylation sites (tertiary alicyclic amines) is 1. The van der Waals surface area contributed by atoms with E-state index in [1.54, 1.807) is 6.20 Å². The number of pyridine rings is 1. The minimum atomic E-state index is 0.0579. The molecule has 2 aromatic heterocycles. The Morgan fingerprint density at radius 3 is 2.83 bits per heavy atom. The summed E-state index contributed by atoms with van der Waals surface area (Å²) < 4.78 is 1.48. The highest BCUT2D eigenvalue weighted by atomic mass is 32.2. The number of carbonyl (C=O) groups is 1. The number of anilines is 1. The van der Waals surface area contributed by atoms with E-state index in [9.17, 15) is 4.79 Å². The molecule has 8 heteroatoms. The highest BCUT2D eigenvalue weighted by Gasteiger charge is 2.19. The summed E-state index contributed by atoms with van der Waals surface area (Å²) in [6.07, 6.45) is 5.10. The second kappa shape index (κ2) is 7.45. The molecule has 1 aliphatic heterocycles. The van der Waals surface area contributed by atoms with Gasteiger partial charge in [0.05, 0.1) is 5.69 Å². The number of hydrogen-bond donors (Lipinski definition) is 1. The van der Waals surface area contributed by atoms with Crippen molar-refractivity contribution in [1.82, 2.24) is 24.6 Å². The minimum absolute atomic E-state index is 0.0579. The van der Waals surface area contributed by atoms with Crippen LogP contribution >= 0.6 is 11.8 Å². The number of carbonyl (C=O) groups excluding carboxylic acids is 1. The van der Waals surface area contributed by atoms with Gasteiger partial charge in [0.15, 0.2) is 0 Å². The molecule has 1 amide bonds. The second-order valence-corrected chi connectivity index (χ2v) is 6.40. The molecular formula is C15H20N6OS. The Morgan fingerprint density at radius 1 is 1.26 bits per heavy atom. The molecule has 3 rings (SSSR count). The summed E-state index contributed by atoms with van der Waals surface area (Å²) in [7, 11) is 0. The largest absolute Gasteiger partial charge is 0.368 e. The molecule has 0 unspecified atom stereocenters. The molecule has 0 saturated carbocycles. The summed E-state index contributed by atoms with van der Waals surface area (Å²) in [6.45, 7) is 1.81. The monoisotopic (exact) mass is 332 g/mol. The zero-order valence-corrected chi connectivity index (χ0v) is 13.7. The fraction of sp³-hybridized carbons (Fsp3) is 0.467. The van der Waals surface area contributed by atoms with Crippen molar-refractivity contribution >= 4 is 23.6 Å². The third-order valence-electron chi connectivity index (χ3n) is 3.75. The third-order valence-corrected chi connectivity index (χ3v) is 4.62. The average Bonchev–Trinajstić information content (AvgIpc) is 2.94. The number of amides is 1. The van der Waals surface area contributed by atoms with Gasteiger partial charge in [-0.15, -0.1) is 5.10 Å². The molecule has 1 aliphatic rings. The van der Waals surface area contributed by atoms with Crippen LogP contribution in [0.4, 0.5) is 5.95 Å². The van der Waals surface area contributed by atoms with Crippen LogP contribution in [-0.4, -0.2) is 43.6 Å². The minimum Gasteiger partial charge on any atom is -0.368 e. The Labute approximate surface area is 139 Å². The standard InChI is InChI=1S/C15H20N6OS/c16-14-18-15(23-11-12-6-2-3-7-17-12)19-21(14)10-13(22)20-8-4-1-5-9-20/h2-3,6-7H,1,4-5,8-11H2,(H2,16,18,19). The van der Waals surface area contributed by atoms with Gasteiger partial charge in [-0.2, -0.15) is 4.98 Å². The number of thioether (sulfide) groups is 1. The van der Waals surface area contributed by atoms with Crippen LogP contribution in [0, 0.1) is 0 Å². The van der Waals surface area contributed by atoms with E-state index in [2.05, 4.69) is 15.1 Å². The van der Waals surface area contributed by atoms with E-state index in [0.717, 1.165) is 31.6 Å². The van der Waals surface area contributed by atoms with E-state index in [-0.39, 0.29) is 18.4 Å². The number of nitrogens with two attached hydrogens (primary N) is 1. The van der Waals surface area contributed by atoms with Gasteiger partial charge in [-0.25, -0.2) is 4.68 Å². The molecule has 122 valence electrons. The zero-order valence-electron chi connectivity index (χ0n) is 12.9. The van der Waals surface area contributed by atoms with Crippen molar-refractivity contribution in [3.05, 3.63) is 30.1 Å². The highest BCUT2D eigenvalue weighted by Crippen LogP contribution is 2.19. The van der Waals surface area contributed by atoms with Gasteiger partial charge in [0.2, 0.25) is 17.0 Å². The molecule has 23 heavy (non-hydrogen) atoms. The molecule has 0 aliphatic carbocycles. The van der Waals surface area contributed by atoms with E-state index in [0.29, 0.717) is 10.9 Å². The molecular weight excluding hydrogens is 312 g/mol. The highest BCUT2D eigenvalue weighted by molar-refractivity contribution is 7.98. The maximum atomic E-state index is 12.3. The van der Waals surface area contributed by atoms with Crippen molar-refractivity contribution in [2.75, 3.05) is 18.8 Å². The smallest absolute Gasteiger partial charge is 0.244 e. The van der Waals surface area contributed by atoms with Crippen molar-refractivity contribution in [3.8, 4) is 0 Å². The van der Waals surface area contributed by atoms with Crippen LogP contribution in [0.3, 0.4) is 0 Å². The summed E-state index contributed by atoms with van der Waals surface area (Å²) in [5, 5.41) is 4.90. The summed E-state index contributed by atoms with van der Waals surface area (Å²) >= 11 is 1.46. The van der Waals surface area contributed by atoms with E-state index < -0.39 is 0 Å². The maximum Gasteiger partial charge on any atom is 0.244 e. The second-order valence-electron chi connectivity index (χ2n) is 5.46. The fourth-order valence-electron chi connectivity index (χ4n) is 2.50. The lowest BCUT2D eigenvalue weighted by Crippen LogP contribution is -2.38. The molecule has 2 aromatic rings. The lowest BCUT2D eigenvalue weighted by molar-refractivity contribution is -0.132. The zero-order chi connectivity index (χ0) is 16.1. The Morgan fingerprint density at radius 2 is 2.09 bits per heavy atom. The Kier molecular flexibility index (Phi) is 5.12. The van der Waals surface area contributed by atoms with Crippen molar-refractivity contribution in [2.24, 2.45) is 0 Å². The van der Waals surface area contributed by atoms with E-state index in [1.807, 2.05) is 23.1 Å². The molecule has 3 heterocycles. The molecule has 0 bridgehead atoms. The van der Waals surface area contributed by atoms with Gasteiger partial charge in [-0.1, -0.05) is 17.8 Å². The van der Waals surface area contributed by atoms with Crippen LogP contribution in [0.2, 0.25) is 0 Å². The first-order valence-corrected chi connectivity index (χ1v) is 8.72. The van der Waals surface area contributed by atoms with Gasteiger partial charge in [-0.05, 0) is 31.4 Å². The number of hydrogen-bond acceptors (Lipinski definition) is 6. The molecule has 0 atom stereocenters. The van der Waals surface area contributed by atoms with Crippen molar-refractivity contribution in [2.45, 2.75) is 36.7 Å². The van der Waals surface area contributed by atoms with Crippen LogP contribution in [0.1, 0.15) is 25.0 Å². The molecule has 0 aromatic carbocycles. The quantitative estimate of drug-likeness (QED) is 0.836. The van der Waals surface area contributed by atoms with Gasteiger partial charge in [0.1, 0.15) is 6.54 Å². The Bertz CT molecular complexity index is 653. The summed E-state index contributed by atoms with van der Waals surface area (Å²) in [6, 6.07) is 5.78. The van der Waals surface area contributed by atoms with Crippen molar-refractivity contribution < 1.29 is 4.79 Å². The van der Waals surface area contributed by atoms with Gasteiger partial charge < -0.3 is 10.6 Å². The van der Waals surface area contributed by atoms with Crippen LogP contribution in [-0.2, 0) is 17.1 Å². The topological polar surface area (TPSA) is 89.9 Å². The summed E-state index contributed by atoms with van der Waals surface area (Å²) in [5.74, 6) is 1.01. The molecule has 0 radical (unpaired) electrons. The third kappa shape index (κ3) is 4.22. The first-order chi connectivity index (χ1) is 11.2. The summed E-state index contributed by atoms with van der Waals surface area (Å²) in [5.41, 5.74) is 6.83. The van der Waals surface area contributed by atoms with Crippen LogP contribution < -0.4 is 5.73 Å². The Hall–Kier alpha value is -2.09. The van der Waals surface area contributed by atoms with Crippen LogP contribution in [0.5, 0.6) is 0 Å². The number of nitrogen functional groups attached to an aromatic ring is 1. The molecule has 0 spiro atoms. The average molecular weight is 332 g/mol. The van der Waals surface area contributed by atoms with Crippen molar-refractivity contribution in [3.63, 3.8) is 0 Å². The SMILES string of the molecule is Nc1nc(SCc2ccccn2)nn1CC(=O)N1CCCCC1. The van der Waals surface area contributed by atoms with Gasteiger partial charge >= 0.3 is 0 Å². The molecule has 1 saturated heterocycles. The molecule has 1 fully saturated rings. The first-order valence-electron chi connectivity index (χ1n) is 7.73. The normalized spacial score (nSPS) is 14.9. The first kappa shape index (κ1) is 15.8. The summed E-state index contributed by atoms with van der Waals surface area (Å²) in [4.78, 5) is 22.6. The van der Waals surface area contributed by atoms with Crippen LogP contribution in [0.25, 0.3) is 0 Å². The van der Waals surface area contributed by atoms with Crippen molar-refractivity contribution in [1.29, 1.82) is 0 Å². The van der Waals surface area contributed by atoms with Gasteiger partial charge in [-0.3, -0.25) is 9.78 Å². The Balaban J connectivity index is 1.58. The number of nitrogens with zero attached hydrogens (tertiary/aromatic N) is 5. The molecule has 7 nitrogen and oxygen atoms in total. The van der Waals surface area contributed by atoms with Gasteiger partial charge in [0.25, 0.3) is 0 Å². The van der Waals surface area contributed by atoms with Crippen LogP contribution in [0.15, 0.2) is 29.6 Å². The predicted molar refractivity (Wildman–Crippen MR) is 88.7 cm³/mol. The lowest BCUT2D eigenvalue weighted by atomic mass is 10.1. The van der Waals surface area contributed by atoms with Gasteiger partial charge in [0, 0.05) is 25.0 Å². The predicted octanol–water partition coefficient (Wildman–Crippen LogP) is 1.56. The number of piperidine rings is 1. The fourth-order valence-corrected chi connectivity index (χ4v) is 3.27.